The van der Waals surface area contributed by atoms with Crippen molar-refractivity contribution >= 4 is 17.6 Å². The molecule has 1 aromatic rings. The highest BCUT2D eigenvalue weighted by atomic mass is 19.1. The Morgan fingerprint density at radius 3 is 2.57 bits per heavy atom. The van der Waals surface area contributed by atoms with Crippen LogP contribution in [0.25, 0.3) is 0 Å². The molecule has 0 N–H and O–H groups in total. The number of benzene rings is 1. The zero-order valence-corrected chi connectivity index (χ0v) is 12.8. The molecule has 2 rings (SSSR count). The smallest absolute Gasteiger partial charge is 0.414 e. The van der Waals surface area contributed by atoms with Crippen LogP contribution in [0, 0.1) is 0 Å². The van der Waals surface area contributed by atoms with E-state index >= 15 is 0 Å². The Morgan fingerprint density at radius 2 is 2.00 bits per heavy atom. The second kappa shape index (κ2) is 5.47. The van der Waals surface area contributed by atoms with Gasteiger partial charge in [-0.25, -0.2) is 9.18 Å². The summed E-state index contributed by atoms with van der Waals surface area (Å²) < 4.78 is 19.4. The number of Topliss-reactive ketones (excluding diaryl/α,β-unsaturated/α-hetero) is 1. The number of halogens is 1. The molecule has 5 heteroatoms. The van der Waals surface area contributed by atoms with Crippen LogP contribution in [-0.4, -0.2) is 24.0 Å². The van der Waals surface area contributed by atoms with Gasteiger partial charge in [0.2, 0.25) is 0 Å². The molecule has 0 bridgehead atoms. The summed E-state index contributed by atoms with van der Waals surface area (Å²) in [5.74, 6) is -0.126. The maximum atomic E-state index is 14.1. The topological polar surface area (TPSA) is 46.6 Å². The molecule has 0 saturated heterocycles. The first-order valence-electron chi connectivity index (χ1n) is 6.98. The van der Waals surface area contributed by atoms with Gasteiger partial charge in [0.25, 0.3) is 0 Å². The molecule has 1 aliphatic rings. The number of fused-ring (bicyclic) bond motifs is 1. The van der Waals surface area contributed by atoms with Crippen LogP contribution >= 0.6 is 0 Å². The second-order valence-electron chi connectivity index (χ2n) is 6.22. The number of rotatable bonds is 1. The number of ketones is 1. The standard InChI is InChI=1S/C16H20FNO3/c1-10(19)11-5-6-14-12(9-11)13(17)7-8-18(14)15(20)21-16(2,3)4/h5-6,9,13H,7-8H2,1-4H3. The summed E-state index contributed by atoms with van der Waals surface area (Å²) >= 11 is 0. The maximum Gasteiger partial charge on any atom is 0.414 e. The van der Waals surface area contributed by atoms with Crippen molar-refractivity contribution in [3.05, 3.63) is 29.3 Å². The molecule has 0 aromatic heterocycles. The van der Waals surface area contributed by atoms with Crippen molar-refractivity contribution in [2.45, 2.75) is 45.9 Å². The van der Waals surface area contributed by atoms with Gasteiger partial charge in [0.05, 0.1) is 5.69 Å². The van der Waals surface area contributed by atoms with Gasteiger partial charge in [-0.05, 0) is 45.9 Å². The number of nitrogens with zero attached hydrogens (tertiary/aromatic N) is 1. The Hall–Kier alpha value is -1.91. The highest BCUT2D eigenvalue weighted by Gasteiger charge is 2.31. The Bertz CT molecular complexity index is 577. The van der Waals surface area contributed by atoms with Crippen LogP contribution in [0.3, 0.4) is 0 Å². The SMILES string of the molecule is CC(=O)c1ccc2c(c1)C(F)CCN2C(=O)OC(C)(C)C. The third-order valence-corrected chi connectivity index (χ3v) is 3.28. The summed E-state index contributed by atoms with van der Waals surface area (Å²) in [7, 11) is 0. The molecule has 114 valence electrons. The lowest BCUT2D eigenvalue weighted by Gasteiger charge is -2.33. The van der Waals surface area contributed by atoms with Crippen LogP contribution in [-0.2, 0) is 4.74 Å². The van der Waals surface area contributed by atoms with Crippen molar-refractivity contribution in [1.29, 1.82) is 0 Å². The minimum Gasteiger partial charge on any atom is -0.443 e. The number of amides is 1. The van der Waals surface area contributed by atoms with Crippen molar-refractivity contribution in [3.8, 4) is 0 Å². The number of carbonyl (C=O) groups excluding carboxylic acids is 2. The number of carbonyl (C=O) groups is 2. The molecule has 0 radical (unpaired) electrons. The third kappa shape index (κ3) is 3.40. The van der Waals surface area contributed by atoms with E-state index in [-0.39, 0.29) is 18.7 Å². The lowest BCUT2D eigenvalue weighted by atomic mass is 9.97. The van der Waals surface area contributed by atoms with E-state index in [2.05, 4.69) is 0 Å². The average Bonchev–Trinajstić information content (AvgIpc) is 2.36. The largest absolute Gasteiger partial charge is 0.443 e. The van der Waals surface area contributed by atoms with E-state index < -0.39 is 17.9 Å². The lowest BCUT2D eigenvalue weighted by Crippen LogP contribution is -2.40. The van der Waals surface area contributed by atoms with Gasteiger partial charge in [-0.3, -0.25) is 9.69 Å². The predicted octanol–water partition coefficient (Wildman–Crippen LogP) is 4.05. The lowest BCUT2D eigenvalue weighted by molar-refractivity contribution is 0.0573. The van der Waals surface area contributed by atoms with Gasteiger partial charge in [-0.2, -0.15) is 0 Å². The van der Waals surface area contributed by atoms with Crippen LogP contribution < -0.4 is 4.90 Å². The molecule has 1 aliphatic heterocycles. The Kier molecular flexibility index (Phi) is 4.03. The van der Waals surface area contributed by atoms with Gasteiger partial charge in [-0.15, -0.1) is 0 Å². The van der Waals surface area contributed by atoms with Gasteiger partial charge >= 0.3 is 6.09 Å². The van der Waals surface area contributed by atoms with Crippen LogP contribution in [0.2, 0.25) is 0 Å². The fraction of sp³-hybridized carbons (Fsp3) is 0.500. The number of hydrogen-bond acceptors (Lipinski definition) is 3. The third-order valence-electron chi connectivity index (χ3n) is 3.28. The van der Waals surface area contributed by atoms with Crippen LogP contribution in [0.5, 0.6) is 0 Å². The number of hydrogen-bond donors (Lipinski definition) is 0. The van der Waals surface area contributed by atoms with Crippen LogP contribution in [0.4, 0.5) is 14.9 Å². The molecule has 1 heterocycles. The number of ether oxygens (including phenoxy) is 1. The number of alkyl halides is 1. The van der Waals surface area contributed by atoms with E-state index in [0.717, 1.165) is 0 Å². The molecular weight excluding hydrogens is 273 g/mol. The van der Waals surface area contributed by atoms with Crippen LogP contribution in [0.15, 0.2) is 18.2 Å². The molecule has 4 nitrogen and oxygen atoms in total. The molecule has 1 unspecified atom stereocenters. The fourth-order valence-electron chi connectivity index (χ4n) is 2.30. The highest BCUT2D eigenvalue weighted by molar-refractivity contribution is 5.96. The average molecular weight is 293 g/mol. The summed E-state index contributed by atoms with van der Waals surface area (Å²) in [5.41, 5.74) is 0.693. The molecule has 0 saturated carbocycles. The van der Waals surface area contributed by atoms with Gasteiger partial charge in [0.15, 0.2) is 5.78 Å². The molecule has 1 aromatic carbocycles. The van der Waals surface area contributed by atoms with Crippen molar-refractivity contribution in [2.75, 3.05) is 11.4 Å². The van der Waals surface area contributed by atoms with Crippen molar-refractivity contribution in [2.24, 2.45) is 0 Å². The van der Waals surface area contributed by atoms with E-state index in [9.17, 15) is 14.0 Å². The van der Waals surface area contributed by atoms with Crippen molar-refractivity contribution in [1.82, 2.24) is 0 Å². The molecular formula is C16H20FNO3. The molecule has 0 spiro atoms. The zero-order chi connectivity index (χ0) is 15.8. The maximum absolute atomic E-state index is 14.1. The van der Waals surface area contributed by atoms with E-state index in [1.807, 2.05) is 0 Å². The molecule has 0 aliphatic carbocycles. The van der Waals surface area contributed by atoms with Crippen molar-refractivity contribution in [3.63, 3.8) is 0 Å². The van der Waals surface area contributed by atoms with Gasteiger partial charge in [-0.1, -0.05) is 0 Å². The Morgan fingerprint density at radius 1 is 1.33 bits per heavy atom. The zero-order valence-electron chi connectivity index (χ0n) is 12.8. The molecule has 21 heavy (non-hydrogen) atoms. The second-order valence-corrected chi connectivity index (χ2v) is 6.22. The summed E-state index contributed by atoms with van der Waals surface area (Å²) in [5, 5.41) is 0. The van der Waals surface area contributed by atoms with E-state index in [0.29, 0.717) is 16.8 Å². The first kappa shape index (κ1) is 15.5. The molecule has 0 fully saturated rings. The van der Waals surface area contributed by atoms with Crippen molar-refractivity contribution < 1.29 is 18.7 Å². The predicted molar refractivity (Wildman–Crippen MR) is 78.5 cm³/mol. The van der Waals surface area contributed by atoms with Gasteiger partial charge in [0.1, 0.15) is 11.8 Å². The number of anilines is 1. The minimum absolute atomic E-state index is 0.126. The Balaban J connectivity index is 2.36. The highest BCUT2D eigenvalue weighted by Crippen LogP contribution is 2.37. The first-order valence-corrected chi connectivity index (χ1v) is 6.98. The van der Waals surface area contributed by atoms with Gasteiger partial charge < -0.3 is 4.74 Å². The summed E-state index contributed by atoms with van der Waals surface area (Å²) in [6, 6.07) is 4.75. The minimum atomic E-state index is -1.17. The monoisotopic (exact) mass is 293 g/mol. The summed E-state index contributed by atoms with van der Waals surface area (Å²) in [6.45, 7) is 7.05. The summed E-state index contributed by atoms with van der Waals surface area (Å²) in [6.07, 6.45) is -1.46. The van der Waals surface area contributed by atoms with E-state index in [4.69, 9.17) is 4.74 Å². The van der Waals surface area contributed by atoms with E-state index in [1.165, 1.54) is 17.9 Å². The van der Waals surface area contributed by atoms with E-state index in [1.54, 1.807) is 32.9 Å². The first-order chi connectivity index (χ1) is 9.69. The summed E-state index contributed by atoms with van der Waals surface area (Å²) in [4.78, 5) is 25.1. The fourth-order valence-corrected chi connectivity index (χ4v) is 2.30. The quantitative estimate of drug-likeness (QED) is 0.734. The Labute approximate surface area is 123 Å². The van der Waals surface area contributed by atoms with Crippen LogP contribution in [0.1, 0.15) is 56.2 Å². The van der Waals surface area contributed by atoms with Gasteiger partial charge in [0, 0.05) is 24.1 Å². The molecule has 1 atom stereocenters. The molecule has 1 amide bonds. The normalized spacial score (nSPS) is 18.1.